The van der Waals surface area contributed by atoms with E-state index in [0.29, 0.717) is 47.3 Å². The molecule has 0 saturated heterocycles. The summed E-state index contributed by atoms with van der Waals surface area (Å²) in [5.74, 6) is 3.27. The molecule has 0 bridgehead atoms. The number of carbonyl (C=O) groups is 1. The fraction of sp³-hybridized carbons (Fsp3) is 0.816. The minimum absolute atomic E-state index is 0.0113. The van der Waals surface area contributed by atoms with Gasteiger partial charge in [-0.2, -0.15) is 0 Å². The Balaban J connectivity index is 1.32. The molecule has 6 aliphatic rings. The van der Waals surface area contributed by atoms with Gasteiger partial charge in [0.05, 0.1) is 5.41 Å². The SMILES string of the molecule is C=C(C)[C@@H]1CC[C@]2(N)CC[C@]3(C)[C@H](CC[C@@H]4[C@@]5(C)CC=C(C6=CC[C@](CF)(C(C)=O)CC6)C(C)(C)[C@@H]5CC[C@]43C)[C@@H]12. The van der Waals surface area contributed by atoms with Crippen molar-refractivity contribution in [3.63, 3.8) is 0 Å². The molecule has 0 heterocycles. The van der Waals surface area contributed by atoms with Crippen LogP contribution in [0.2, 0.25) is 0 Å². The fourth-order valence-electron chi connectivity index (χ4n) is 13.0. The lowest BCUT2D eigenvalue weighted by molar-refractivity contribution is -0.219. The standard InChI is InChI=1S/C38H58FNO/c1-24(2)27-13-20-38(40)22-21-35(7)29(32(27)38)9-10-31-34(6)16-14-28(33(4,5)30(34)15-17-36(31,35)8)26-11-18-37(23-39,19-12-26)25(3)41/h11,14,27,29-32H,1,9-10,12-13,15-23,40H2,2-8H3/t27-,29+,30-,31+,32+,34-,35+,36+,37-,38-/m0/s1. The maximum atomic E-state index is 14.0. The topological polar surface area (TPSA) is 43.1 Å². The molecular formula is C38H58FNO. The first-order chi connectivity index (χ1) is 19.1. The van der Waals surface area contributed by atoms with Gasteiger partial charge in [0.2, 0.25) is 0 Å². The summed E-state index contributed by atoms with van der Waals surface area (Å²) in [7, 11) is 0. The van der Waals surface area contributed by atoms with Crippen molar-refractivity contribution in [1.82, 2.24) is 0 Å². The van der Waals surface area contributed by atoms with Gasteiger partial charge in [-0.05, 0) is 153 Å². The third-order valence-corrected chi connectivity index (χ3v) is 15.7. The summed E-state index contributed by atoms with van der Waals surface area (Å²) in [5.41, 5.74) is 11.8. The van der Waals surface area contributed by atoms with Crippen LogP contribution in [0, 0.1) is 56.7 Å². The van der Waals surface area contributed by atoms with E-state index in [1.165, 1.54) is 68.1 Å². The maximum Gasteiger partial charge on any atom is 0.138 e. The molecule has 41 heavy (non-hydrogen) atoms. The van der Waals surface area contributed by atoms with Crippen molar-refractivity contribution in [3.8, 4) is 0 Å². The van der Waals surface area contributed by atoms with Crippen LogP contribution in [-0.2, 0) is 4.79 Å². The first-order valence-electron chi connectivity index (χ1n) is 17.0. The van der Waals surface area contributed by atoms with Crippen molar-refractivity contribution in [3.05, 3.63) is 35.5 Å². The van der Waals surface area contributed by atoms with Crippen molar-refractivity contribution in [2.75, 3.05) is 6.67 Å². The molecule has 2 nitrogen and oxygen atoms in total. The van der Waals surface area contributed by atoms with Crippen LogP contribution in [0.3, 0.4) is 0 Å². The lowest BCUT2D eigenvalue weighted by Gasteiger charge is -2.72. The van der Waals surface area contributed by atoms with Crippen LogP contribution in [0.25, 0.3) is 0 Å². The number of hydrogen-bond donors (Lipinski definition) is 1. The van der Waals surface area contributed by atoms with E-state index in [2.05, 4.69) is 60.3 Å². The van der Waals surface area contributed by atoms with E-state index in [9.17, 15) is 9.18 Å². The number of carbonyl (C=O) groups excluding carboxylic acids is 1. The number of halogens is 1. The van der Waals surface area contributed by atoms with Crippen LogP contribution in [-0.4, -0.2) is 18.0 Å². The zero-order valence-electron chi connectivity index (χ0n) is 27.3. The Morgan fingerprint density at radius 3 is 2.24 bits per heavy atom. The molecule has 228 valence electrons. The molecule has 0 aromatic heterocycles. The molecule has 6 aliphatic carbocycles. The smallest absolute Gasteiger partial charge is 0.138 e. The van der Waals surface area contributed by atoms with Gasteiger partial charge in [0.25, 0.3) is 0 Å². The Labute approximate surface area is 250 Å². The number of ketones is 1. The Bertz CT molecular complexity index is 1200. The van der Waals surface area contributed by atoms with E-state index in [1.54, 1.807) is 6.92 Å². The molecule has 0 amide bonds. The highest BCUT2D eigenvalue weighted by Crippen LogP contribution is 2.76. The zero-order valence-corrected chi connectivity index (χ0v) is 27.3. The zero-order chi connectivity index (χ0) is 29.8. The van der Waals surface area contributed by atoms with Crippen molar-refractivity contribution in [1.29, 1.82) is 0 Å². The highest BCUT2D eigenvalue weighted by molar-refractivity contribution is 5.83. The summed E-state index contributed by atoms with van der Waals surface area (Å²) in [6.45, 7) is 20.8. The summed E-state index contributed by atoms with van der Waals surface area (Å²) in [6.07, 6.45) is 18.1. The summed E-state index contributed by atoms with van der Waals surface area (Å²) in [4.78, 5) is 12.3. The molecular weight excluding hydrogens is 505 g/mol. The molecule has 4 fully saturated rings. The number of hydrogen-bond acceptors (Lipinski definition) is 2. The van der Waals surface area contributed by atoms with Crippen molar-refractivity contribution < 1.29 is 9.18 Å². The lowest BCUT2D eigenvalue weighted by Crippen LogP contribution is -2.67. The van der Waals surface area contributed by atoms with Gasteiger partial charge in [-0.3, -0.25) is 4.79 Å². The van der Waals surface area contributed by atoms with E-state index >= 15 is 0 Å². The first kappa shape index (κ1) is 29.8. The fourth-order valence-corrected chi connectivity index (χ4v) is 13.0. The Kier molecular flexibility index (Phi) is 6.83. The summed E-state index contributed by atoms with van der Waals surface area (Å²) >= 11 is 0. The monoisotopic (exact) mass is 563 g/mol. The molecule has 0 aliphatic heterocycles. The number of Topliss-reactive ketones (excluding diaryl/α,β-unsaturated/α-hetero) is 1. The van der Waals surface area contributed by atoms with Gasteiger partial charge in [-0.1, -0.05) is 58.9 Å². The second-order valence-corrected chi connectivity index (χ2v) is 17.4. The highest BCUT2D eigenvalue weighted by atomic mass is 19.1. The molecule has 0 radical (unpaired) electrons. The quantitative estimate of drug-likeness (QED) is 0.346. The highest BCUT2D eigenvalue weighted by Gasteiger charge is 2.70. The first-order valence-corrected chi connectivity index (χ1v) is 17.0. The second kappa shape index (κ2) is 9.39. The van der Waals surface area contributed by atoms with Gasteiger partial charge < -0.3 is 5.73 Å². The van der Waals surface area contributed by atoms with Gasteiger partial charge in [0, 0.05) is 5.54 Å². The number of alkyl halides is 1. The van der Waals surface area contributed by atoms with E-state index < -0.39 is 12.1 Å². The summed E-state index contributed by atoms with van der Waals surface area (Å²) < 4.78 is 14.0. The normalized spacial score (nSPS) is 50.4. The van der Waals surface area contributed by atoms with E-state index in [1.807, 2.05) is 0 Å². The van der Waals surface area contributed by atoms with Gasteiger partial charge in [0.1, 0.15) is 12.5 Å². The minimum Gasteiger partial charge on any atom is -0.325 e. The molecule has 0 spiro atoms. The predicted molar refractivity (Wildman–Crippen MR) is 168 cm³/mol. The number of allylic oxidation sites excluding steroid dienone is 5. The van der Waals surface area contributed by atoms with Crippen LogP contribution in [0.15, 0.2) is 35.5 Å². The average Bonchev–Trinajstić information content (AvgIpc) is 3.27. The molecule has 0 aromatic rings. The van der Waals surface area contributed by atoms with Crippen molar-refractivity contribution in [2.45, 2.75) is 131 Å². The van der Waals surface area contributed by atoms with Crippen molar-refractivity contribution >= 4 is 5.78 Å². The second-order valence-electron chi connectivity index (χ2n) is 17.4. The Hall–Kier alpha value is -1.22. The molecule has 0 aromatic carbocycles. The van der Waals surface area contributed by atoms with Gasteiger partial charge in [-0.25, -0.2) is 4.39 Å². The van der Waals surface area contributed by atoms with Crippen LogP contribution in [0.5, 0.6) is 0 Å². The summed E-state index contributed by atoms with van der Waals surface area (Å²) in [5, 5.41) is 0. The third-order valence-electron chi connectivity index (χ3n) is 15.7. The van der Waals surface area contributed by atoms with Gasteiger partial charge >= 0.3 is 0 Å². The van der Waals surface area contributed by atoms with Gasteiger partial charge in [0.15, 0.2) is 0 Å². The molecule has 10 atom stereocenters. The molecule has 3 heteroatoms. The molecule has 2 N–H and O–H groups in total. The third kappa shape index (κ3) is 3.85. The molecule has 4 saturated carbocycles. The van der Waals surface area contributed by atoms with E-state index in [0.717, 1.165) is 18.8 Å². The Morgan fingerprint density at radius 1 is 0.902 bits per heavy atom. The average molecular weight is 564 g/mol. The van der Waals surface area contributed by atoms with Crippen LogP contribution < -0.4 is 5.73 Å². The van der Waals surface area contributed by atoms with E-state index in [4.69, 9.17) is 5.73 Å². The number of fused-ring (bicyclic) bond motifs is 7. The Morgan fingerprint density at radius 2 is 1.63 bits per heavy atom. The van der Waals surface area contributed by atoms with E-state index in [-0.39, 0.29) is 22.2 Å². The van der Waals surface area contributed by atoms with Crippen molar-refractivity contribution in [2.24, 2.45) is 62.4 Å². The number of rotatable bonds is 4. The largest absolute Gasteiger partial charge is 0.325 e. The minimum atomic E-state index is -0.790. The molecule has 6 rings (SSSR count). The number of nitrogens with two attached hydrogens (primary N) is 1. The maximum absolute atomic E-state index is 14.0. The van der Waals surface area contributed by atoms with Gasteiger partial charge in [-0.15, -0.1) is 0 Å². The van der Waals surface area contributed by atoms with Crippen LogP contribution in [0.1, 0.15) is 126 Å². The lowest BCUT2D eigenvalue weighted by atomic mass is 9.33. The summed E-state index contributed by atoms with van der Waals surface area (Å²) in [6, 6.07) is 0. The van der Waals surface area contributed by atoms with Crippen LogP contribution in [0.4, 0.5) is 4.39 Å². The predicted octanol–water partition coefficient (Wildman–Crippen LogP) is 9.55. The molecule has 0 unspecified atom stereocenters. The van der Waals surface area contributed by atoms with Crippen LogP contribution >= 0.6 is 0 Å².